The highest BCUT2D eigenvalue weighted by Gasteiger charge is 2.24. The molecule has 0 aromatic heterocycles. The third-order valence-corrected chi connectivity index (χ3v) is 4.75. The van der Waals surface area contributed by atoms with Crippen molar-refractivity contribution in [3.8, 4) is 0 Å². The number of nitrogens with zero attached hydrogens (tertiary/aromatic N) is 1. The fourth-order valence-electron chi connectivity index (χ4n) is 3.48. The van der Waals surface area contributed by atoms with E-state index in [2.05, 4.69) is 4.90 Å². The Labute approximate surface area is 111 Å². The van der Waals surface area contributed by atoms with Crippen molar-refractivity contribution in [1.29, 1.82) is 0 Å². The Morgan fingerprint density at radius 2 is 1.72 bits per heavy atom. The van der Waals surface area contributed by atoms with Gasteiger partial charge in [0.2, 0.25) is 0 Å². The van der Waals surface area contributed by atoms with Gasteiger partial charge in [0.05, 0.1) is 5.92 Å². The minimum atomic E-state index is -0.600. The van der Waals surface area contributed by atoms with Crippen molar-refractivity contribution in [2.75, 3.05) is 19.6 Å². The smallest absolute Gasteiger partial charge is 0.306 e. The highest BCUT2D eigenvalue weighted by atomic mass is 16.4. The van der Waals surface area contributed by atoms with Gasteiger partial charge in [0.25, 0.3) is 0 Å². The Morgan fingerprint density at radius 1 is 1.06 bits per heavy atom. The van der Waals surface area contributed by atoms with E-state index in [4.69, 9.17) is 5.11 Å². The number of piperidine rings is 1. The predicted molar refractivity (Wildman–Crippen MR) is 72.6 cm³/mol. The lowest BCUT2D eigenvalue weighted by Gasteiger charge is -2.30. The van der Waals surface area contributed by atoms with Gasteiger partial charge in [0.15, 0.2) is 0 Å². The van der Waals surface area contributed by atoms with E-state index >= 15 is 0 Å². The molecule has 1 aliphatic carbocycles. The molecule has 104 valence electrons. The SMILES string of the molecule is O=C(O)C1CCN(CCCC2CCCCC2)CC1. The maximum Gasteiger partial charge on any atom is 0.306 e. The second-order valence-corrected chi connectivity index (χ2v) is 6.10. The van der Waals surface area contributed by atoms with Gasteiger partial charge < -0.3 is 10.0 Å². The van der Waals surface area contributed by atoms with Crippen LogP contribution < -0.4 is 0 Å². The van der Waals surface area contributed by atoms with Crippen LogP contribution in [0.2, 0.25) is 0 Å². The molecule has 3 heteroatoms. The number of aliphatic carboxylic acids is 1. The van der Waals surface area contributed by atoms with Crippen molar-refractivity contribution < 1.29 is 9.90 Å². The zero-order valence-corrected chi connectivity index (χ0v) is 11.4. The van der Waals surface area contributed by atoms with E-state index in [1.54, 1.807) is 0 Å². The summed E-state index contributed by atoms with van der Waals surface area (Å²) < 4.78 is 0. The second-order valence-electron chi connectivity index (χ2n) is 6.10. The van der Waals surface area contributed by atoms with E-state index in [1.165, 1.54) is 51.5 Å². The molecule has 0 spiro atoms. The quantitative estimate of drug-likeness (QED) is 0.818. The van der Waals surface area contributed by atoms with Crippen LogP contribution in [-0.4, -0.2) is 35.6 Å². The summed E-state index contributed by atoms with van der Waals surface area (Å²) in [5.41, 5.74) is 0. The average molecular weight is 253 g/mol. The third kappa shape index (κ3) is 4.27. The summed E-state index contributed by atoms with van der Waals surface area (Å²) in [5.74, 6) is 0.298. The normalized spacial score (nSPS) is 24.2. The lowest BCUT2D eigenvalue weighted by Crippen LogP contribution is -2.36. The minimum Gasteiger partial charge on any atom is -0.481 e. The highest BCUT2D eigenvalue weighted by Crippen LogP contribution is 2.27. The summed E-state index contributed by atoms with van der Waals surface area (Å²) in [6.07, 6.45) is 11.6. The van der Waals surface area contributed by atoms with E-state index in [-0.39, 0.29) is 5.92 Å². The lowest BCUT2D eigenvalue weighted by molar-refractivity contribution is -0.143. The van der Waals surface area contributed by atoms with E-state index < -0.39 is 5.97 Å². The van der Waals surface area contributed by atoms with Gasteiger partial charge in [0.1, 0.15) is 0 Å². The zero-order chi connectivity index (χ0) is 12.8. The van der Waals surface area contributed by atoms with Gasteiger partial charge in [-0.1, -0.05) is 32.1 Å². The molecule has 1 heterocycles. The van der Waals surface area contributed by atoms with Crippen molar-refractivity contribution in [1.82, 2.24) is 4.90 Å². The van der Waals surface area contributed by atoms with Crippen molar-refractivity contribution >= 4 is 5.97 Å². The predicted octanol–water partition coefficient (Wildman–Crippen LogP) is 3.14. The van der Waals surface area contributed by atoms with Gasteiger partial charge in [-0.2, -0.15) is 0 Å². The van der Waals surface area contributed by atoms with Crippen LogP contribution in [0.25, 0.3) is 0 Å². The highest BCUT2D eigenvalue weighted by molar-refractivity contribution is 5.70. The number of likely N-dealkylation sites (tertiary alicyclic amines) is 1. The first-order chi connectivity index (χ1) is 8.75. The summed E-state index contributed by atoms with van der Waals surface area (Å²) in [5, 5.41) is 8.95. The van der Waals surface area contributed by atoms with Crippen LogP contribution >= 0.6 is 0 Å². The maximum absolute atomic E-state index is 10.9. The second kappa shape index (κ2) is 7.13. The lowest BCUT2D eigenvalue weighted by atomic mass is 9.86. The van der Waals surface area contributed by atoms with Gasteiger partial charge in [0, 0.05) is 0 Å². The molecule has 0 aromatic rings. The zero-order valence-electron chi connectivity index (χ0n) is 11.4. The molecule has 0 unspecified atom stereocenters. The summed E-state index contributed by atoms with van der Waals surface area (Å²) >= 11 is 0. The molecule has 1 saturated carbocycles. The topological polar surface area (TPSA) is 40.5 Å². The van der Waals surface area contributed by atoms with Gasteiger partial charge in [-0.05, 0) is 51.2 Å². The number of carbonyl (C=O) groups is 1. The molecule has 0 atom stereocenters. The van der Waals surface area contributed by atoms with Crippen molar-refractivity contribution in [3.05, 3.63) is 0 Å². The van der Waals surface area contributed by atoms with Crippen LogP contribution in [0.1, 0.15) is 57.8 Å². The number of carboxylic acid groups (broad SMARTS) is 1. The minimum absolute atomic E-state index is 0.0837. The third-order valence-electron chi connectivity index (χ3n) is 4.75. The molecule has 0 aromatic carbocycles. The summed E-state index contributed by atoms with van der Waals surface area (Å²) in [6.45, 7) is 3.16. The molecule has 1 N–H and O–H groups in total. The molecule has 3 nitrogen and oxygen atoms in total. The molecule has 0 bridgehead atoms. The summed E-state index contributed by atoms with van der Waals surface area (Å²) in [7, 11) is 0. The fraction of sp³-hybridized carbons (Fsp3) is 0.933. The van der Waals surface area contributed by atoms with Crippen LogP contribution in [0.5, 0.6) is 0 Å². The molecule has 18 heavy (non-hydrogen) atoms. The first-order valence-electron chi connectivity index (χ1n) is 7.71. The Hall–Kier alpha value is -0.570. The molecular formula is C15H27NO2. The molecular weight excluding hydrogens is 226 g/mol. The number of rotatable bonds is 5. The van der Waals surface area contributed by atoms with Gasteiger partial charge in [-0.3, -0.25) is 4.79 Å². The van der Waals surface area contributed by atoms with Crippen molar-refractivity contribution in [2.24, 2.45) is 11.8 Å². The number of carboxylic acids is 1. The van der Waals surface area contributed by atoms with Crippen LogP contribution in [0.3, 0.4) is 0 Å². The Bertz CT molecular complexity index is 253. The molecule has 2 aliphatic rings. The van der Waals surface area contributed by atoms with Crippen LogP contribution in [0, 0.1) is 11.8 Å². The number of hydrogen-bond donors (Lipinski definition) is 1. The van der Waals surface area contributed by atoms with E-state index in [0.717, 1.165) is 31.8 Å². The molecule has 1 aliphatic heterocycles. The van der Waals surface area contributed by atoms with E-state index in [9.17, 15) is 4.79 Å². The molecule has 0 radical (unpaired) electrons. The van der Waals surface area contributed by atoms with E-state index in [1.807, 2.05) is 0 Å². The Kier molecular flexibility index (Phi) is 5.48. The monoisotopic (exact) mass is 253 g/mol. The molecule has 2 fully saturated rings. The van der Waals surface area contributed by atoms with Crippen LogP contribution in [0.15, 0.2) is 0 Å². The largest absolute Gasteiger partial charge is 0.481 e. The summed E-state index contributed by atoms with van der Waals surface area (Å²) in [6, 6.07) is 0. The van der Waals surface area contributed by atoms with Gasteiger partial charge >= 0.3 is 5.97 Å². The van der Waals surface area contributed by atoms with Crippen LogP contribution in [-0.2, 0) is 4.79 Å². The average Bonchev–Trinajstić information content (AvgIpc) is 2.40. The van der Waals surface area contributed by atoms with E-state index in [0.29, 0.717) is 0 Å². The van der Waals surface area contributed by atoms with Crippen molar-refractivity contribution in [3.63, 3.8) is 0 Å². The van der Waals surface area contributed by atoms with Crippen molar-refractivity contribution in [2.45, 2.75) is 57.8 Å². The Balaban J connectivity index is 1.56. The molecule has 2 rings (SSSR count). The maximum atomic E-state index is 10.9. The first kappa shape index (κ1) is 13.9. The Morgan fingerprint density at radius 3 is 2.33 bits per heavy atom. The summed E-state index contributed by atoms with van der Waals surface area (Å²) in [4.78, 5) is 13.3. The molecule has 0 amide bonds. The fourth-order valence-corrected chi connectivity index (χ4v) is 3.48. The standard InChI is InChI=1S/C15H27NO2/c17-15(18)14-8-11-16(12-9-14)10-4-7-13-5-2-1-3-6-13/h13-14H,1-12H2,(H,17,18). The first-order valence-corrected chi connectivity index (χ1v) is 7.71. The van der Waals surface area contributed by atoms with Gasteiger partial charge in [-0.25, -0.2) is 0 Å². The van der Waals surface area contributed by atoms with Gasteiger partial charge in [-0.15, -0.1) is 0 Å². The molecule has 1 saturated heterocycles. The number of hydrogen-bond acceptors (Lipinski definition) is 2. The van der Waals surface area contributed by atoms with Crippen LogP contribution in [0.4, 0.5) is 0 Å².